The maximum Gasteiger partial charge on any atom is 0.309 e. The highest BCUT2D eigenvalue weighted by Crippen LogP contribution is 2.18. The van der Waals surface area contributed by atoms with Gasteiger partial charge < -0.3 is 9.47 Å². The maximum atomic E-state index is 12.7. The van der Waals surface area contributed by atoms with Crippen molar-refractivity contribution in [2.75, 3.05) is 39.5 Å². The van der Waals surface area contributed by atoms with Crippen LogP contribution in [-0.2, 0) is 11.3 Å². The predicted octanol–water partition coefficient (Wildman–Crippen LogP) is 2.03. The number of morpholine rings is 1. The van der Waals surface area contributed by atoms with Crippen molar-refractivity contribution in [1.29, 1.82) is 0 Å². The second-order valence-electron chi connectivity index (χ2n) is 6.09. The molecule has 0 amide bonds. The predicted molar refractivity (Wildman–Crippen MR) is 97.0 cm³/mol. The van der Waals surface area contributed by atoms with Crippen LogP contribution >= 0.6 is 0 Å². The minimum absolute atomic E-state index is 0.165. The summed E-state index contributed by atoms with van der Waals surface area (Å²) in [5.74, 6) is 0.373. The Kier molecular flexibility index (Phi) is 6.19. The molecule has 0 aliphatic carbocycles. The fourth-order valence-electron chi connectivity index (χ4n) is 2.80. The van der Waals surface area contributed by atoms with Crippen LogP contribution < -0.4 is 10.3 Å². The molecule has 1 aromatic carbocycles. The second kappa shape index (κ2) is 8.78. The van der Waals surface area contributed by atoms with Crippen LogP contribution in [0.4, 0.5) is 0 Å². The standard InChI is InChI=1S/C19H25N3O3/c1-2-12-25-18-15-17(16-6-4-3-5-7-16)20-22(19(18)23)9-8-21-10-13-24-14-11-21/h3-7,15H,2,8-14H2,1H3. The summed E-state index contributed by atoms with van der Waals surface area (Å²) in [4.78, 5) is 15.0. The Morgan fingerprint density at radius 2 is 1.92 bits per heavy atom. The lowest BCUT2D eigenvalue weighted by atomic mass is 10.1. The van der Waals surface area contributed by atoms with Gasteiger partial charge in [0.25, 0.3) is 0 Å². The molecule has 2 heterocycles. The summed E-state index contributed by atoms with van der Waals surface area (Å²) in [6.07, 6.45) is 0.857. The van der Waals surface area contributed by atoms with Gasteiger partial charge in [-0.3, -0.25) is 9.69 Å². The van der Waals surface area contributed by atoms with Crippen LogP contribution in [0.2, 0.25) is 0 Å². The van der Waals surface area contributed by atoms with Crippen LogP contribution in [0.3, 0.4) is 0 Å². The van der Waals surface area contributed by atoms with Crippen LogP contribution in [-0.4, -0.2) is 54.1 Å². The van der Waals surface area contributed by atoms with Gasteiger partial charge in [0.1, 0.15) is 0 Å². The number of hydrogen-bond acceptors (Lipinski definition) is 5. The third-order valence-corrected chi connectivity index (χ3v) is 4.20. The molecule has 0 spiro atoms. The van der Waals surface area contributed by atoms with Gasteiger partial charge in [0.2, 0.25) is 0 Å². The highest BCUT2D eigenvalue weighted by atomic mass is 16.5. The summed E-state index contributed by atoms with van der Waals surface area (Å²) in [6, 6.07) is 11.6. The number of benzene rings is 1. The summed E-state index contributed by atoms with van der Waals surface area (Å²) < 4.78 is 12.6. The first kappa shape index (κ1) is 17.6. The molecule has 3 rings (SSSR count). The van der Waals surface area contributed by atoms with Crippen molar-refractivity contribution in [3.63, 3.8) is 0 Å². The Morgan fingerprint density at radius 3 is 2.64 bits per heavy atom. The van der Waals surface area contributed by atoms with E-state index >= 15 is 0 Å². The monoisotopic (exact) mass is 343 g/mol. The van der Waals surface area contributed by atoms with Crippen molar-refractivity contribution in [2.45, 2.75) is 19.9 Å². The molecule has 1 aliphatic rings. The minimum Gasteiger partial charge on any atom is -0.488 e. The third-order valence-electron chi connectivity index (χ3n) is 4.20. The molecule has 1 aromatic heterocycles. The van der Waals surface area contributed by atoms with Gasteiger partial charge in [-0.1, -0.05) is 37.3 Å². The SMILES string of the molecule is CCCOc1cc(-c2ccccc2)nn(CCN2CCOCC2)c1=O. The van der Waals surface area contributed by atoms with Crippen LogP contribution in [0, 0.1) is 0 Å². The molecule has 2 aromatic rings. The minimum atomic E-state index is -0.165. The Bertz CT molecular complexity index is 724. The van der Waals surface area contributed by atoms with Gasteiger partial charge in [0.15, 0.2) is 5.75 Å². The Morgan fingerprint density at radius 1 is 1.16 bits per heavy atom. The Hall–Kier alpha value is -2.18. The van der Waals surface area contributed by atoms with E-state index in [0.29, 0.717) is 18.9 Å². The van der Waals surface area contributed by atoms with Gasteiger partial charge in [0.05, 0.1) is 32.1 Å². The molecule has 0 atom stereocenters. The molecule has 6 nitrogen and oxygen atoms in total. The smallest absolute Gasteiger partial charge is 0.309 e. The molecule has 0 unspecified atom stereocenters. The van der Waals surface area contributed by atoms with Gasteiger partial charge in [-0.05, 0) is 6.42 Å². The van der Waals surface area contributed by atoms with Crippen molar-refractivity contribution >= 4 is 0 Å². The maximum absolute atomic E-state index is 12.7. The molecule has 0 saturated carbocycles. The number of hydrogen-bond donors (Lipinski definition) is 0. The van der Waals surface area contributed by atoms with E-state index in [2.05, 4.69) is 10.00 Å². The lowest BCUT2D eigenvalue weighted by molar-refractivity contribution is 0.0357. The van der Waals surface area contributed by atoms with Crippen LogP contribution in [0.25, 0.3) is 11.3 Å². The molecule has 0 bridgehead atoms. The fraction of sp³-hybridized carbons (Fsp3) is 0.474. The molecule has 1 saturated heterocycles. The molecule has 0 radical (unpaired) electrons. The van der Waals surface area contributed by atoms with Crippen LogP contribution in [0.15, 0.2) is 41.2 Å². The number of aromatic nitrogens is 2. The Balaban J connectivity index is 1.85. The average molecular weight is 343 g/mol. The summed E-state index contributed by atoms with van der Waals surface area (Å²) in [5.41, 5.74) is 1.57. The Labute approximate surface area is 148 Å². The highest BCUT2D eigenvalue weighted by molar-refractivity contribution is 5.59. The van der Waals surface area contributed by atoms with Crippen molar-refractivity contribution in [3.8, 4) is 17.0 Å². The van der Waals surface area contributed by atoms with E-state index in [-0.39, 0.29) is 5.56 Å². The summed E-state index contributed by atoms with van der Waals surface area (Å²) >= 11 is 0. The molecule has 134 valence electrons. The van der Waals surface area contributed by atoms with E-state index in [1.807, 2.05) is 37.3 Å². The topological polar surface area (TPSA) is 56.6 Å². The molecular weight excluding hydrogens is 318 g/mol. The van der Waals surface area contributed by atoms with Gasteiger partial charge in [0, 0.05) is 31.3 Å². The average Bonchev–Trinajstić information content (AvgIpc) is 2.67. The first-order valence-electron chi connectivity index (χ1n) is 8.88. The van der Waals surface area contributed by atoms with Gasteiger partial charge in [-0.15, -0.1) is 0 Å². The van der Waals surface area contributed by atoms with Gasteiger partial charge in [-0.25, -0.2) is 4.68 Å². The van der Waals surface area contributed by atoms with E-state index in [9.17, 15) is 4.79 Å². The number of nitrogens with zero attached hydrogens (tertiary/aromatic N) is 3. The molecule has 1 fully saturated rings. The highest BCUT2D eigenvalue weighted by Gasteiger charge is 2.14. The summed E-state index contributed by atoms with van der Waals surface area (Å²) in [5, 5.41) is 4.56. The van der Waals surface area contributed by atoms with Crippen LogP contribution in [0.5, 0.6) is 5.75 Å². The van der Waals surface area contributed by atoms with Crippen molar-refractivity contribution in [2.24, 2.45) is 0 Å². The summed E-state index contributed by atoms with van der Waals surface area (Å²) in [7, 11) is 0. The molecule has 0 N–H and O–H groups in total. The first-order valence-corrected chi connectivity index (χ1v) is 8.88. The van der Waals surface area contributed by atoms with Crippen molar-refractivity contribution < 1.29 is 9.47 Å². The van der Waals surface area contributed by atoms with Gasteiger partial charge in [-0.2, -0.15) is 5.10 Å². The quantitative estimate of drug-likeness (QED) is 0.770. The number of rotatable bonds is 7. The first-order chi connectivity index (χ1) is 12.3. The molecule has 6 heteroatoms. The van der Waals surface area contributed by atoms with Gasteiger partial charge >= 0.3 is 5.56 Å². The van der Waals surface area contributed by atoms with Crippen molar-refractivity contribution in [3.05, 3.63) is 46.8 Å². The lowest BCUT2D eigenvalue weighted by Crippen LogP contribution is -2.39. The number of ether oxygens (including phenoxy) is 2. The summed E-state index contributed by atoms with van der Waals surface area (Å²) in [6.45, 7) is 7.16. The normalized spacial score (nSPS) is 15.2. The van der Waals surface area contributed by atoms with E-state index in [1.54, 1.807) is 6.07 Å². The van der Waals surface area contributed by atoms with E-state index in [0.717, 1.165) is 50.5 Å². The second-order valence-corrected chi connectivity index (χ2v) is 6.09. The zero-order valence-corrected chi connectivity index (χ0v) is 14.7. The van der Waals surface area contributed by atoms with Crippen molar-refractivity contribution in [1.82, 2.24) is 14.7 Å². The molecule has 1 aliphatic heterocycles. The molecular formula is C19H25N3O3. The van der Waals surface area contributed by atoms with E-state index < -0.39 is 0 Å². The third kappa shape index (κ3) is 4.67. The van der Waals surface area contributed by atoms with Crippen LogP contribution in [0.1, 0.15) is 13.3 Å². The zero-order chi connectivity index (χ0) is 17.5. The lowest BCUT2D eigenvalue weighted by Gasteiger charge is -2.26. The largest absolute Gasteiger partial charge is 0.488 e. The molecule has 25 heavy (non-hydrogen) atoms. The zero-order valence-electron chi connectivity index (χ0n) is 14.7. The van der Waals surface area contributed by atoms with E-state index in [4.69, 9.17) is 9.47 Å². The van der Waals surface area contributed by atoms with E-state index in [1.165, 1.54) is 4.68 Å². The fourth-order valence-corrected chi connectivity index (χ4v) is 2.80.